The smallest absolute Gasteiger partial charge is 0.127 e. The van der Waals surface area contributed by atoms with Gasteiger partial charge in [-0.3, -0.25) is 0 Å². The summed E-state index contributed by atoms with van der Waals surface area (Å²) in [7, 11) is 0. The molecule has 0 radical (unpaired) electrons. The molecular weight excluding hydrogens is 1560 g/mol. The summed E-state index contributed by atoms with van der Waals surface area (Å²) in [5, 5.41) is 0. The molecule has 0 heterocycles. The van der Waals surface area contributed by atoms with E-state index in [1.54, 1.807) is 0 Å². The average Bonchev–Trinajstić information content (AvgIpc) is 1.57. The van der Waals surface area contributed by atoms with Crippen molar-refractivity contribution in [2.24, 2.45) is 142 Å². The average molecular weight is 1730 g/mol. The normalized spacial score (nSPS) is 31.0. The van der Waals surface area contributed by atoms with Crippen LogP contribution in [0.2, 0.25) is 0 Å². The van der Waals surface area contributed by atoms with Gasteiger partial charge < -0.3 is 9.47 Å². The minimum atomic E-state index is 0.818. The topological polar surface area (TPSA) is 18.5 Å². The van der Waals surface area contributed by atoms with Crippen molar-refractivity contribution in [2.75, 3.05) is 13.2 Å². The van der Waals surface area contributed by atoms with E-state index >= 15 is 0 Å². The molecule has 0 saturated heterocycles. The molecule has 6 aromatic carbocycles. The number of fused-ring (bicyclic) bond motifs is 16. The van der Waals surface area contributed by atoms with Crippen LogP contribution in [0.3, 0.4) is 0 Å². The standard InChI is InChI=1S/2C21H22O.C17H30.C15H18.C15H26.C14H16.C13H22.C11H18/c1-2-6-17(7-3-1)20-8-4-5-9-21(20)22-13-12-19-15-16-10-11-18(19)14-16;1-2-4-17(5-3-1)18-8-10-21(11-9-18)22-13-12-20-15-16-6-7-19(20)14-16;1-2-3-4-5-6-7-8-9-10-16-13-15-11-12-17(16)14-15;1-2-4-12(5-3-1)6-8-14-10-13-7-9-15(14)11-13;1-2-3-4-5-6-7-8-14-11-13-9-10-15(14)12-13;1-2-4-11(5-3-1)8-14-10-12-6-7-13(14)9-12;1-2-3-4-5-6-12-9-11-7-8-13(12)10-11;1-2-3-4-10-7-9-5-6-11(10)8-9/h1-11,16,18-19H,12-15H2;1-11,16,19-20H,12-15H2;11-12,15-17H,2-10,13-14H2,1H3;1-5,7,9,13-15H,6,8,10-11H2;9-10,13-15H,2-8,11-12H2,1H3;1-7,12-14H,8-10H2;7-8,11-13H,2-6,9-10H2,1H3;5-6,9-11H,2-4,7-8H2,1H3. The number of unbranched alkanes of at least 4 members (excludes halogenated alkanes) is 16. The molecule has 24 unspecified atom stereocenters. The van der Waals surface area contributed by atoms with Crippen LogP contribution < -0.4 is 9.47 Å². The second kappa shape index (κ2) is 52.5. The van der Waals surface area contributed by atoms with Crippen molar-refractivity contribution in [1.29, 1.82) is 0 Å². The molecule has 24 atom stereocenters. The van der Waals surface area contributed by atoms with Gasteiger partial charge in [-0.1, -0.05) is 405 Å². The number of benzene rings is 6. The molecule has 694 valence electrons. The Hall–Kier alpha value is -7.16. The van der Waals surface area contributed by atoms with Gasteiger partial charge in [-0.25, -0.2) is 0 Å². The second-order valence-electron chi connectivity index (χ2n) is 43.9. The summed E-state index contributed by atoms with van der Waals surface area (Å²) < 4.78 is 12.1. The number of ether oxygens (including phenoxy) is 2. The molecule has 6 aromatic rings. The number of para-hydroxylation sites is 1. The predicted octanol–water partition coefficient (Wildman–Crippen LogP) is 36.2. The van der Waals surface area contributed by atoms with Crippen LogP contribution in [0.1, 0.15) is 315 Å². The number of aryl methyl sites for hydroxylation is 1. The Labute approximate surface area is 788 Å². The first-order valence-electron chi connectivity index (χ1n) is 54.8. The van der Waals surface area contributed by atoms with E-state index in [4.69, 9.17) is 9.47 Å². The first kappa shape index (κ1) is 96.4. The molecule has 0 amide bonds. The summed E-state index contributed by atoms with van der Waals surface area (Å²) >= 11 is 0. The van der Waals surface area contributed by atoms with Crippen molar-refractivity contribution in [2.45, 2.75) is 317 Å². The summed E-state index contributed by atoms with van der Waals surface area (Å²) in [6, 6.07) is 59.6. The highest BCUT2D eigenvalue weighted by molar-refractivity contribution is 5.70. The van der Waals surface area contributed by atoms with E-state index in [0.717, 1.165) is 167 Å². The van der Waals surface area contributed by atoms with E-state index < -0.39 is 0 Å². The van der Waals surface area contributed by atoms with Gasteiger partial charge in [0, 0.05) is 5.56 Å². The lowest BCUT2D eigenvalue weighted by Gasteiger charge is -2.19. The van der Waals surface area contributed by atoms with Gasteiger partial charge in [0.25, 0.3) is 0 Å². The third-order valence-electron chi connectivity index (χ3n) is 34.5. The van der Waals surface area contributed by atoms with Crippen molar-refractivity contribution < 1.29 is 9.47 Å². The third-order valence-corrected chi connectivity index (χ3v) is 34.5. The third kappa shape index (κ3) is 29.9. The van der Waals surface area contributed by atoms with Gasteiger partial charge in [-0.2, -0.15) is 0 Å². The minimum Gasteiger partial charge on any atom is -0.494 e. The van der Waals surface area contributed by atoms with Crippen molar-refractivity contribution in [1.82, 2.24) is 0 Å². The van der Waals surface area contributed by atoms with Crippen molar-refractivity contribution in [3.63, 3.8) is 0 Å². The highest BCUT2D eigenvalue weighted by atomic mass is 16.5. The zero-order valence-electron chi connectivity index (χ0n) is 81.3. The summed E-state index contributed by atoms with van der Waals surface area (Å²) in [5.74, 6) is 24.6. The molecule has 0 aromatic heterocycles. The van der Waals surface area contributed by atoms with Crippen molar-refractivity contribution >= 4 is 0 Å². The van der Waals surface area contributed by atoms with Crippen LogP contribution in [-0.4, -0.2) is 13.2 Å². The molecule has 8 fully saturated rings. The van der Waals surface area contributed by atoms with Crippen LogP contribution in [0.25, 0.3) is 22.3 Å². The van der Waals surface area contributed by atoms with Crippen LogP contribution >= 0.6 is 0 Å². The molecule has 16 bridgehead atoms. The molecule has 16 aliphatic carbocycles. The molecule has 22 rings (SSSR count). The first-order chi connectivity index (χ1) is 63.7. The zero-order chi connectivity index (χ0) is 88.2. The van der Waals surface area contributed by atoms with E-state index in [9.17, 15) is 0 Å². The van der Waals surface area contributed by atoms with Gasteiger partial charge in [0.2, 0.25) is 0 Å². The maximum absolute atomic E-state index is 6.14. The molecule has 8 saturated carbocycles. The van der Waals surface area contributed by atoms with E-state index in [1.165, 1.54) is 322 Å². The van der Waals surface area contributed by atoms with Gasteiger partial charge in [0.1, 0.15) is 11.5 Å². The Morgan fingerprint density at radius 1 is 0.209 bits per heavy atom. The Kier molecular flexibility index (Phi) is 39.2. The Morgan fingerprint density at radius 3 is 0.845 bits per heavy atom. The van der Waals surface area contributed by atoms with Crippen LogP contribution in [0.4, 0.5) is 0 Å². The summed E-state index contributed by atoms with van der Waals surface area (Å²) in [6.45, 7) is 10.8. The van der Waals surface area contributed by atoms with E-state index in [2.05, 4.69) is 289 Å². The highest BCUT2D eigenvalue weighted by Gasteiger charge is 2.41. The van der Waals surface area contributed by atoms with E-state index in [-0.39, 0.29) is 0 Å². The van der Waals surface area contributed by atoms with Gasteiger partial charge >= 0.3 is 0 Å². The molecule has 129 heavy (non-hydrogen) atoms. The van der Waals surface area contributed by atoms with Crippen molar-refractivity contribution in [3.05, 3.63) is 278 Å². The quantitative estimate of drug-likeness (QED) is 0.0283. The first-order valence-corrected chi connectivity index (χ1v) is 54.8. The van der Waals surface area contributed by atoms with Gasteiger partial charge in [0.15, 0.2) is 0 Å². The SMILES string of the molecule is C1=CC2CC1CC2CCOc1ccc(-c2ccccc2)cc1.C1=CC2CC1CC2CCOc1ccccc1-c1ccccc1.C1=CC2CC1CC2CCc1ccccc1.C1=CC2CC1CC2Cc1ccccc1.CCCCC1CC2C=CC1C2.CCCCCCC1CC2C=CC1C2.CCCCCCCCC1CC2C=CC1C2.CCCCCCCCCCC1CC2C=CC1C2. The van der Waals surface area contributed by atoms with Gasteiger partial charge in [-0.05, 0) is 349 Å². The monoisotopic (exact) mass is 1730 g/mol. The molecule has 0 aliphatic heterocycles. The Bertz CT molecular complexity index is 4360. The Balaban J connectivity index is 0.000000114. The summed E-state index contributed by atoms with van der Waals surface area (Å²) in [6.07, 6.45) is 104. The van der Waals surface area contributed by atoms with Crippen LogP contribution in [-0.2, 0) is 12.8 Å². The fraction of sp³-hybridized carbons (Fsp3) is 0.591. The van der Waals surface area contributed by atoms with Crippen LogP contribution in [0.15, 0.2) is 267 Å². The molecule has 0 N–H and O–H groups in total. The molecule has 0 spiro atoms. The highest BCUT2D eigenvalue weighted by Crippen LogP contribution is 2.52. The predicted molar refractivity (Wildman–Crippen MR) is 553 cm³/mol. The number of rotatable bonds is 39. The van der Waals surface area contributed by atoms with E-state index in [0.29, 0.717) is 0 Å². The second-order valence-corrected chi connectivity index (χ2v) is 43.9. The molecule has 16 aliphatic rings. The number of hydrogen-bond acceptors (Lipinski definition) is 2. The minimum absolute atomic E-state index is 0.818. The van der Waals surface area contributed by atoms with E-state index in [1.807, 2.05) is 6.07 Å². The molecule has 2 heteroatoms. The molecule has 2 nitrogen and oxygen atoms in total. The van der Waals surface area contributed by atoms with Crippen LogP contribution in [0, 0.1) is 142 Å². The Morgan fingerprint density at radius 2 is 0.488 bits per heavy atom. The fourth-order valence-corrected chi connectivity index (χ4v) is 27.1. The van der Waals surface area contributed by atoms with Crippen LogP contribution in [0.5, 0.6) is 11.5 Å². The lowest BCUT2D eigenvalue weighted by Crippen LogP contribution is -2.11. The number of hydrogen-bond donors (Lipinski definition) is 0. The number of allylic oxidation sites excluding steroid dienone is 16. The fourth-order valence-electron chi connectivity index (χ4n) is 27.1. The zero-order valence-corrected chi connectivity index (χ0v) is 81.3. The maximum atomic E-state index is 6.14. The summed E-state index contributed by atoms with van der Waals surface area (Å²) in [5.41, 5.74) is 7.92. The van der Waals surface area contributed by atoms with Crippen molar-refractivity contribution in [3.8, 4) is 33.8 Å². The lowest BCUT2D eigenvalue weighted by molar-refractivity contribution is 0.263. The van der Waals surface area contributed by atoms with Gasteiger partial charge in [0.05, 0.1) is 13.2 Å². The lowest BCUT2D eigenvalue weighted by atomic mass is 9.88. The largest absolute Gasteiger partial charge is 0.494 e. The van der Waals surface area contributed by atoms with Gasteiger partial charge in [-0.15, -0.1) is 0 Å². The summed E-state index contributed by atoms with van der Waals surface area (Å²) in [4.78, 5) is 0. The molecular formula is C127H174O2. The maximum Gasteiger partial charge on any atom is 0.127 e.